The summed E-state index contributed by atoms with van der Waals surface area (Å²) in [5.41, 5.74) is 1.78. The van der Waals surface area contributed by atoms with Crippen LogP contribution in [0.5, 0.6) is 5.75 Å². The van der Waals surface area contributed by atoms with Crippen molar-refractivity contribution in [1.29, 1.82) is 0 Å². The smallest absolute Gasteiger partial charge is 0.336 e. The van der Waals surface area contributed by atoms with E-state index >= 15 is 0 Å². The van der Waals surface area contributed by atoms with Gasteiger partial charge < -0.3 is 9.84 Å². The predicted molar refractivity (Wildman–Crippen MR) is 74.6 cm³/mol. The van der Waals surface area contributed by atoms with Crippen LogP contribution in [0.25, 0.3) is 11.1 Å². The minimum atomic E-state index is -0.930. The number of hydrogen-bond donors (Lipinski definition) is 1. The summed E-state index contributed by atoms with van der Waals surface area (Å²) < 4.78 is 5.68. The largest absolute Gasteiger partial charge is 0.493 e. The van der Waals surface area contributed by atoms with Crippen molar-refractivity contribution in [2.45, 2.75) is 13.3 Å². The molecule has 0 heterocycles. The predicted octanol–water partition coefficient (Wildman–Crippen LogP) is 3.84. The fourth-order valence-electron chi connectivity index (χ4n) is 1.93. The highest BCUT2D eigenvalue weighted by Crippen LogP contribution is 2.32. The van der Waals surface area contributed by atoms with E-state index < -0.39 is 5.97 Å². The molecule has 3 heteroatoms. The maximum absolute atomic E-state index is 11.3. The molecule has 0 radical (unpaired) electrons. The van der Waals surface area contributed by atoms with Gasteiger partial charge in [0.15, 0.2) is 0 Å². The summed E-state index contributed by atoms with van der Waals surface area (Å²) in [6.45, 7) is 2.65. The van der Waals surface area contributed by atoms with E-state index in [1.54, 1.807) is 18.2 Å². The second-order valence-corrected chi connectivity index (χ2v) is 4.20. The highest BCUT2D eigenvalue weighted by atomic mass is 16.5. The SMILES string of the molecule is CCCOc1ccccc1-c1ccccc1C(=O)O. The quantitative estimate of drug-likeness (QED) is 0.884. The fraction of sp³-hybridized carbons (Fsp3) is 0.188. The van der Waals surface area contributed by atoms with Gasteiger partial charge in [-0.3, -0.25) is 0 Å². The molecule has 2 aromatic rings. The monoisotopic (exact) mass is 256 g/mol. The number of carbonyl (C=O) groups is 1. The lowest BCUT2D eigenvalue weighted by Crippen LogP contribution is -2.01. The van der Waals surface area contributed by atoms with Crippen molar-refractivity contribution in [3.63, 3.8) is 0 Å². The summed E-state index contributed by atoms with van der Waals surface area (Å²) in [5, 5.41) is 9.25. The molecular formula is C16H16O3. The zero-order chi connectivity index (χ0) is 13.7. The van der Waals surface area contributed by atoms with Crippen molar-refractivity contribution in [2.24, 2.45) is 0 Å². The minimum Gasteiger partial charge on any atom is -0.493 e. The van der Waals surface area contributed by atoms with Gasteiger partial charge in [-0.15, -0.1) is 0 Å². The van der Waals surface area contributed by atoms with Crippen molar-refractivity contribution in [2.75, 3.05) is 6.61 Å². The molecule has 0 aliphatic carbocycles. The van der Waals surface area contributed by atoms with Crippen LogP contribution in [0.3, 0.4) is 0 Å². The number of aromatic carboxylic acids is 1. The lowest BCUT2D eigenvalue weighted by atomic mass is 9.99. The molecule has 0 saturated heterocycles. The van der Waals surface area contributed by atoms with E-state index in [1.165, 1.54) is 0 Å². The Balaban J connectivity index is 2.50. The van der Waals surface area contributed by atoms with Crippen molar-refractivity contribution in [3.8, 4) is 16.9 Å². The van der Waals surface area contributed by atoms with E-state index in [0.717, 1.165) is 17.7 Å². The van der Waals surface area contributed by atoms with Crippen LogP contribution in [0.4, 0.5) is 0 Å². The Morgan fingerprint density at radius 3 is 2.37 bits per heavy atom. The maximum atomic E-state index is 11.3. The van der Waals surface area contributed by atoms with E-state index in [1.807, 2.05) is 37.3 Å². The molecular weight excluding hydrogens is 240 g/mol. The zero-order valence-corrected chi connectivity index (χ0v) is 10.8. The average Bonchev–Trinajstić information content (AvgIpc) is 2.45. The normalized spacial score (nSPS) is 10.2. The Labute approximate surface area is 112 Å². The number of para-hydroxylation sites is 1. The molecule has 98 valence electrons. The highest BCUT2D eigenvalue weighted by Gasteiger charge is 2.13. The van der Waals surface area contributed by atoms with E-state index in [0.29, 0.717) is 12.2 Å². The van der Waals surface area contributed by atoms with Gasteiger partial charge in [-0.25, -0.2) is 4.79 Å². The number of carboxylic acid groups (broad SMARTS) is 1. The Hall–Kier alpha value is -2.29. The summed E-state index contributed by atoms with van der Waals surface area (Å²) >= 11 is 0. The standard InChI is InChI=1S/C16H16O3/c1-2-11-19-15-10-6-5-8-13(15)12-7-3-4-9-14(12)16(17)18/h3-10H,2,11H2,1H3,(H,17,18). The molecule has 0 amide bonds. The first-order chi connectivity index (χ1) is 9.24. The number of benzene rings is 2. The number of ether oxygens (including phenoxy) is 1. The van der Waals surface area contributed by atoms with Crippen LogP contribution >= 0.6 is 0 Å². The number of rotatable bonds is 5. The van der Waals surface area contributed by atoms with Crippen LogP contribution < -0.4 is 4.74 Å². The van der Waals surface area contributed by atoms with Gasteiger partial charge in [-0.2, -0.15) is 0 Å². The zero-order valence-electron chi connectivity index (χ0n) is 10.8. The molecule has 0 unspecified atom stereocenters. The molecule has 0 atom stereocenters. The third-order valence-corrected chi connectivity index (χ3v) is 2.80. The molecule has 0 aliphatic heterocycles. The van der Waals surface area contributed by atoms with Gasteiger partial charge in [-0.05, 0) is 24.1 Å². The number of hydrogen-bond acceptors (Lipinski definition) is 2. The summed E-state index contributed by atoms with van der Waals surface area (Å²) in [7, 11) is 0. The second-order valence-electron chi connectivity index (χ2n) is 4.20. The fourth-order valence-corrected chi connectivity index (χ4v) is 1.93. The van der Waals surface area contributed by atoms with E-state index in [9.17, 15) is 9.90 Å². The van der Waals surface area contributed by atoms with Crippen molar-refractivity contribution in [1.82, 2.24) is 0 Å². The van der Waals surface area contributed by atoms with Crippen LogP contribution in [-0.4, -0.2) is 17.7 Å². The average molecular weight is 256 g/mol. The van der Waals surface area contributed by atoms with Crippen LogP contribution in [0.15, 0.2) is 48.5 Å². The first kappa shape index (κ1) is 13.1. The van der Waals surface area contributed by atoms with Crippen molar-refractivity contribution < 1.29 is 14.6 Å². The van der Waals surface area contributed by atoms with Crippen LogP contribution in [-0.2, 0) is 0 Å². The van der Waals surface area contributed by atoms with Crippen molar-refractivity contribution in [3.05, 3.63) is 54.1 Å². The van der Waals surface area contributed by atoms with Crippen LogP contribution in [0.1, 0.15) is 23.7 Å². The van der Waals surface area contributed by atoms with Gasteiger partial charge >= 0.3 is 5.97 Å². The molecule has 1 N–H and O–H groups in total. The Bertz CT molecular complexity index is 576. The van der Waals surface area contributed by atoms with Crippen LogP contribution in [0.2, 0.25) is 0 Å². The molecule has 0 bridgehead atoms. The Morgan fingerprint density at radius 1 is 1.05 bits per heavy atom. The topological polar surface area (TPSA) is 46.5 Å². The molecule has 0 spiro atoms. The molecule has 2 rings (SSSR count). The second kappa shape index (κ2) is 6.05. The van der Waals surface area contributed by atoms with Gasteiger partial charge in [0.25, 0.3) is 0 Å². The van der Waals surface area contributed by atoms with Gasteiger partial charge in [0.05, 0.1) is 12.2 Å². The summed E-state index contributed by atoms with van der Waals surface area (Å²) in [6, 6.07) is 14.5. The molecule has 0 fully saturated rings. The molecule has 0 aromatic heterocycles. The molecule has 0 aliphatic rings. The highest BCUT2D eigenvalue weighted by molar-refractivity contribution is 5.96. The van der Waals surface area contributed by atoms with Gasteiger partial charge in [0.2, 0.25) is 0 Å². The van der Waals surface area contributed by atoms with Gasteiger partial charge in [0, 0.05) is 5.56 Å². The summed E-state index contributed by atoms with van der Waals surface area (Å²) in [6.07, 6.45) is 0.912. The lowest BCUT2D eigenvalue weighted by Gasteiger charge is -2.12. The van der Waals surface area contributed by atoms with E-state index in [4.69, 9.17) is 4.74 Å². The molecule has 2 aromatic carbocycles. The van der Waals surface area contributed by atoms with Gasteiger partial charge in [0.1, 0.15) is 5.75 Å². The third kappa shape index (κ3) is 2.94. The number of carboxylic acids is 1. The van der Waals surface area contributed by atoms with Crippen molar-refractivity contribution >= 4 is 5.97 Å². The first-order valence-electron chi connectivity index (χ1n) is 6.28. The first-order valence-corrected chi connectivity index (χ1v) is 6.28. The van der Waals surface area contributed by atoms with E-state index in [2.05, 4.69) is 0 Å². The third-order valence-electron chi connectivity index (χ3n) is 2.80. The summed E-state index contributed by atoms with van der Waals surface area (Å²) in [4.78, 5) is 11.3. The lowest BCUT2D eigenvalue weighted by molar-refractivity contribution is 0.0697. The van der Waals surface area contributed by atoms with Gasteiger partial charge in [-0.1, -0.05) is 43.3 Å². The Kier molecular flexibility index (Phi) is 4.18. The van der Waals surface area contributed by atoms with E-state index in [-0.39, 0.29) is 5.56 Å². The molecule has 3 nitrogen and oxygen atoms in total. The van der Waals surface area contributed by atoms with Crippen LogP contribution in [0, 0.1) is 0 Å². The minimum absolute atomic E-state index is 0.287. The molecule has 19 heavy (non-hydrogen) atoms. The Morgan fingerprint density at radius 2 is 1.68 bits per heavy atom. The molecule has 0 saturated carbocycles. The summed E-state index contributed by atoms with van der Waals surface area (Å²) in [5.74, 6) is -0.209. The maximum Gasteiger partial charge on any atom is 0.336 e.